The number of anilines is 1. The van der Waals surface area contributed by atoms with Gasteiger partial charge in [0.15, 0.2) is 0 Å². The molecule has 25 heavy (non-hydrogen) atoms. The molecular formula is C20H17NO4. The molecular weight excluding hydrogens is 318 g/mol. The number of rotatable bonds is 3. The molecule has 5 nitrogen and oxygen atoms in total. The van der Waals surface area contributed by atoms with Gasteiger partial charge in [0.25, 0.3) is 5.91 Å². The summed E-state index contributed by atoms with van der Waals surface area (Å²) in [6.07, 6.45) is 0.562. The molecule has 1 amide bonds. The molecule has 0 aromatic heterocycles. The molecule has 1 unspecified atom stereocenters. The summed E-state index contributed by atoms with van der Waals surface area (Å²) in [7, 11) is 1.59. The molecule has 126 valence electrons. The van der Waals surface area contributed by atoms with Crippen LogP contribution in [0.2, 0.25) is 0 Å². The summed E-state index contributed by atoms with van der Waals surface area (Å²) >= 11 is 0. The van der Waals surface area contributed by atoms with Crippen LogP contribution < -0.4 is 10.1 Å². The van der Waals surface area contributed by atoms with Gasteiger partial charge in [-0.05, 0) is 47.2 Å². The Labute approximate surface area is 144 Å². The molecule has 2 aliphatic rings. The largest absolute Gasteiger partial charge is 0.497 e. The lowest BCUT2D eigenvalue weighted by Gasteiger charge is -2.09. The van der Waals surface area contributed by atoms with Gasteiger partial charge >= 0.3 is 5.97 Å². The number of carboxylic acid groups (broad SMARTS) is 1. The van der Waals surface area contributed by atoms with Crippen molar-refractivity contribution in [2.45, 2.75) is 18.8 Å². The van der Waals surface area contributed by atoms with Crippen molar-refractivity contribution >= 4 is 28.7 Å². The van der Waals surface area contributed by atoms with Crippen LogP contribution >= 0.6 is 0 Å². The molecule has 2 aromatic carbocycles. The van der Waals surface area contributed by atoms with Crippen LogP contribution in [-0.2, 0) is 9.59 Å². The van der Waals surface area contributed by atoms with Crippen molar-refractivity contribution in [2.24, 2.45) is 0 Å². The Balaban J connectivity index is 1.90. The van der Waals surface area contributed by atoms with E-state index in [1.807, 2.05) is 42.5 Å². The first kappa shape index (κ1) is 15.4. The third-order valence-corrected chi connectivity index (χ3v) is 4.87. The van der Waals surface area contributed by atoms with E-state index in [0.717, 1.165) is 28.0 Å². The second kappa shape index (κ2) is 5.77. The standard InChI is InChI=1S/C20H17NO4/c1-25-12-6-7-13-15(10-12)11(9-18(22)23)8-16(13)19-14-4-2-3-5-17(14)21-20(19)24/h2-7,10-11H,8-9H2,1H3,(H,21,24)(H,22,23)/b19-16-. The summed E-state index contributed by atoms with van der Waals surface area (Å²) in [4.78, 5) is 23.9. The second-order valence-electron chi connectivity index (χ2n) is 6.31. The summed E-state index contributed by atoms with van der Waals surface area (Å²) in [6.45, 7) is 0. The quantitative estimate of drug-likeness (QED) is 0.842. The normalized spacial score (nSPS) is 20.8. The van der Waals surface area contributed by atoms with Crippen molar-refractivity contribution in [1.82, 2.24) is 0 Å². The Morgan fingerprint density at radius 1 is 1.24 bits per heavy atom. The topological polar surface area (TPSA) is 75.6 Å². The third kappa shape index (κ3) is 2.48. The maximum atomic E-state index is 12.6. The van der Waals surface area contributed by atoms with Crippen LogP contribution in [-0.4, -0.2) is 24.1 Å². The molecule has 0 fully saturated rings. The van der Waals surface area contributed by atoms with E-state index in [1.54, 1.807) is 7.11 Å². The minimum Gasteiger partial charge on any atom is -0.497 e. The smallest absolute Gasteiger partial charge is 0.303 e. The molecule has 0 bridgehead atoms. The average Bonchev–Trinajstić information content (AvgIpc) is 3.10. The van der Waals surface area contributed by atoms with Crippen LogP contribution in [0, 0.1) is 0 Å². The minimum atomic E-state index is -0.846. The van der Waals surface area contributed by atoms with E-state index in [2.05, 4.69) is 5.32 Å². The zero-order valence-corrected chi connectivity index (χ0v) is 13.7. The van der Waals surface area contributed by atoms with Gasteiger partial charge in [-0.2, -0.15) is 0 Å². The molecule has 2 aromatic rings. The number of nitrogens with one attached hydrogen (secondary N) is 1. The van der Waals surface area contributed by atoms with Gasteiger partial charge < -0.3 is 15.2 Å². The van der Waals surface area contributed by atoms with Gasteiger partial charge in [0.05, 0.1) is 19.1 Å². The first-order valence-electron chi connectivity index (χ1n) is 8.12. The van der Waals surface area contributed by atoms with E-state index in [1.165, 1.54) is 0 Å². The number of ether oxygens (including phenoxy) is 1. The van der Waals surface area contributed by atoms with Crippen LogP contribution in [0.15, 0.2) is 42.5 Å². The molecule has 2 N–H and O–H groups in total. The Morgan fingerprint density at radius 2 is 2.04 bits per heavy atom. The number of para-hydroxylation sites is 1. The zero-order valence-electron chi connectivity index (χ0n) is 13.7. The van der Waals surface area contributed by atoms with E-state index in [0.29, 0.717) is 17.7 Å². The van der Waals surface area contributed by atoms with E-state index in [4.69, 9.17) is 4.74 Å². The number of carbonyl (C=O) groups is 2. The molecule has 0 saturated heterocycles. The number of carboxylic acids is 1. The lowest BCUT2D eigenvalue weighted by molar-refractivity contribution is -0.137. The molecule has 0 saturated carbocycles. The number of carbonyl (C=O) groups excluding carboxylic acids is 1. The second-order valence-corrected chi connectivity index (χ2v) is 6.31. The number of methoxy groups -OCH3 is 1. The van der Waals surface area contributed by atoms with Crippen molar-refractivity contribution in [3.8, 4) is 5.75 Å². The predicted octanol–water partition coefficient (Wildman–Crippen LogP) is 3.52. The summed E-state index contributed by atoms with van der Waals surface area (Å²) < 4.78 is 5.29. The van der Waals surface area contributed by atoms with Gasteiger partial charge in [-0.15, -0.1) is 0 Å². The molecule has 1 atom stereocenters. The molecule has 0 spiro atoms. The Bertz CT molecular complexity index is 929. The van der Waals surface area contributed by atoms with Crippen molar-refractivity contribution < 1.29 is 19.4 Å². The SMILES string of the molecule is COc1ccc2c(c1)C(CC(=O)O)C/C2=C1/C(=O)Nc2ccccc21. The number of aliphatic carboxylic acids is 1. The lowest BCUT2D eigenvalue weighted by Crippen LogP contribution is -2.05. The van der Waals surface area contributed by atoms with E-state index in [-0.39, 0.29) is 18.2 Å². The maximum Gasteiger partial charge on any atom is 0.303 e. The van der Waals surface area contributed by atoms with E-state index >= 15 is 0 Å². The highest BCUT2D eigenvalue weighted by atomic mass is 16.5. The minimum absolute atomic E-state index is 0.0280. The van der Waals surface area contributed by atoms with Crippen LogP contribution in [0.1, 0.15) is 35.4 Å². The third-order valence-electron chi connectivity index (χ3n) is 4.87. The van der Waals surface area contributed by atoms with Crippen molar-refractivity contribution in [2.75, 3.05) is 12.4 Å². The van der Waals surface area contributed by atoms with Crippen LogP contribution in [0.4, 0.5) is 5.69 Å². The fraction of sp³-hybridized carbons (Fsp3) is 0.200. The average molecular weight is 335 g/mol. The number of amides is 1. The Kier molecular flexibility index (Phi) is 3.57. The summed E-state index contributed by atoms with van der Waals surface area (Å²) in [6, 6.07) is 13.2. The van der Waals surface area contributed by atoms with Crippen LogP contribution in [0.3, 0.4) is 0 Å². The number of hydrogen-bond acceptors (Lipinski definition) is 3. The summed E-state index contributed by atoms with van der Waals surface area (Å²) in [5.41, 5.74) is 5.10. The molecule has 5 heteroatoms. The van der Waals surface area contributed by atoms with Crippen LogP contribution in [0.25, 0.3) is 11.1 Å². The van der Waals surface area contributed by atoms with Crippen molar-refractivity contribution in [3.63, 3.8) is 0 Å². The van der Waals surface area contributed by atoms with Crippen molar-refractivity contribution in [1.29, 1.82) is 0 Å². The van der Waals surface area contributed by atoms with Crippen LogP contribution in [0.5, 0.6) is 5.75 Å². The van der Waals surface area contributed by atoms with Gasteiger partial charge in [0, 0.05) is 11.3 Å². The van der Waals surface area contributed by atoms with Gasteiger partial charge in [-0.3, -0.25) is 9.59 Å². The van der Waals surface area contributed by atoms with Crippen molar-refractivity contribution in [3.05, 3.63) is 59.2 Å². The maximum absolute atomic E-state index is 12.6. The fourth-order valence-corrected chi connectivity index (χ4v) is 3.79. The van der Waals surface area contributed by atoms with Gasteiger partial charge in [0.1, 0.15) is 5.75 Å². The van der Waals surface area contributed by atoms with Gasteiger partial charge in [-0.1, -0.05) is 24.3 Å². The highest BCUT2D eigenvalue weighted by molar-refractivity contribution is 6.37. The van der Waals surface area contributed by atoms with Gasteiger partial charge in [0.2, 0.25) is 0 Å². The molecule has 4 rings (SSSR count). The molecule has 1 heterocycles. The highest BCUT2D eigenvalue weighted by Gasteiger charge is 2.35. The number of fused-ring (bicyclic) bond motifs is 2. The predicted molar refractivity (Wildman–Crippen MR) is 94.5 cm³/mol. The Morgan fingerprint density at radius 3 is 2.80 bits per heavy atom. The summed E-state index contributed by atoms with van der Waals surface area (Å²) in [5, 5.41) is 12.2. The van der Waals surface area contributed by atoms with E-state index in [9.17, 15) is 14.7 Å². The molecule has 1 aliphatic carbocycles. The molecule has 0 radical (unpaired) electrons. The fourth-order valence-electron chi connectivity index (χ4n) is 3.79. The van der Waals surface area contributed by atoms with Gasteiger partial charge in [-0.25, -0.2) is 0 Å². The number of benzene rings is 2. The first-order chi connectivity index (χ1) is 12.1. The van der Waals surface area contributed by atoms with E-state index < -0.39 is 5.97 Å². The first-order valence-corrected chi connectivity index (χ1v) is 8.12. The summed E-state index contributed by atoms with van der Waals surface area (Å²) in [5.74, 6) is -0.447. The monoisotopic (exact) mass is 335 g/mol. The zero-order chi connectivity index (χ0) is 17.6. The lowest BCUT2D eigenvalue weighted by atomic mass is 9.96. The number of allylic oxidation sites excluding steroid dienone is 1. The molecule has 1 aliphatic heterocycles. The highest BCUT2D eigenvalue weighted by Crippen LogP contribution is 2.49. The number of hydrogen-bond donors (Lipinski definition) is 2. The Hall–Kier alpha value is -3.08.